The fourth-order valence-electron chi connectivity index (χ4n) is 2.40. The van der Waals surface area contributed by atoms with Gasteiger partial charge < -0.3 is 10.6 Å². The van der Waals surface area contributed by atoms with E-state index in [4.69, 9.17) is 5.26 Å². The van der Waals surface area contributed by atoms with Gasteiger partial charge in [-0.25, -0.2) is 14.4 Å². The lowest BCUT2D eigenvalue weighted by Crippen LogP contribution is -2.24. The number of nitriles is 1. The molecule has 0 aliphatic carbocycles. The first kappa shape index (κ1) is 18.0. The molecule has 0 atom stereocenters. The molecule has 1 amide bonds. The van der Waals surface area contributed by atoms with Crippen LogP contribution >= 0.6 is 0 Å². The van der Waals surface area contributed by atoms with E-state index in [0.717, 1.165) is 11.3 Å². The lowest BCUT2D eigenvalue weighted by Gasteiger charge is -2.09. The maximum atomic E-state index is 12.9. The first-order chi connectivity index (χ1) is 13.0. The van der Waals surface area contributed by atoms with Crippen molar-refractivity contribution in [2.24, 2.45) is 0 Å². The summed E-state index contributed by atoms with van der Waals surface area (Å²) in [7, 11) is 0. The third kappa shape index (κ3) is 4.86. The molecule has 27 heavy (non-hydrogen) atoms. The van der Waals surface area contributed by atoms with Gasteiger partial charge in [0.25, 0.3) is 5.91 Å². The van der Waals surface area contributed by atoms with Crippen molar-refractivity contribution in [1.29, 1.82) is 5.26 Å². The summed E-state index contributed by atoms with van der Waals surface area (Å²) in [5, 5.41) is 14.7. The van der Waals surface area contributed by atoms with Gasteiger partial charge in [0.1, 0.15) is 23.2 Å². The Morgan fingerprint density at radius 3 is 2.48 bits per heavy atom. The lowest BCUT2D eigenvalue weighted by atomic mass is 10.2. The summed E-state index contributed by atoms with van der Waals surface area (Å²) in [6.07, 6.45) is 0. The van der Waals surface area contributed by atoms with E-state index in [9.17, 15) is 9.18 Å². The van der Waals surface area contributed by atoms with Crippen LogP contribution in [0.4, 0.5) is 15.9 Å². The highest BCUT2D eigenvalue weighted by molar-refractivity contribution is 5.93. The zero-order valence-corrected chi connectivity index (χ0v) is 14.5. The van der Waals surface area contributed by atoms with E-state index >= 15 is 0 Å². The van der Waals surface area contributed by atoms with Crippen LogP contribution in [0.3, 0.4) is 0 Å². The predicted molar refractivity (Wildman–Crippen MR) is 98.8 cm³/mol. The Morgan fingerprint density at radius 1 is 1.11 bits per heavy atom. The molecular formula is C20H16FN5O. The van der Waals surface area contributed by atoms with Gasteiger partial charge >= 0.3 is 0 Å². The standard InChI is InChI=1S/C20H16FN5O/c1-13-24-18(20(27)23-12-15-2-6-16(21)7-3-15)10-19(25-13)26-17-8-4-14(11-22)5-9-17/h2-10H,12H2,1H3,(H,23,27)(H,24,25,26). The molecule has 0 aliphatic heterocycles. The van der Waals surface area contributed by atoms with Gasteiger partial charge in [0.15, 0.2) is 0 Å². The van der Waals surface area contributed by atoms with Crippen LogP contribution in [0, 0.1) is 24.1 Å². The number of nitrogens with one attached hydrogen (secondary N) is 2. The summed E-state index contributed by atoms with van der Waals surface area (Å²) in [4.78, 5) is 20.8. The normalized spacial score (nSPS) is 10.1. The predicted octanol–water partition coefficient (Wildman–Crippen LogP) is 3.47. The smallest absolute Gasteiger partial charge is 0.270 e. The Balaban J connectivity index is 1.70. The van der Waals surface area contributed by atoms with Crippen LogP contribution in [0.5, 0.6) is 0 Å². The Bertz CT molecular complexity index is 994. The number of carbonyl (C=O) groups is 1. The molecule has 0 saturated carbocycles. The molecule has 1 heterocycles. The number of benzene rings is 2. The fraction of sp³-hybridized carbons (Fsp3) is 0.100. The molecule has 3 rings (SSSR count). The molecule has 134 valence electrons. The van der Waals surface area contributed by atoms with E-state index in [2.05, 4.69) is 26.7 Å². The van der Waals surface area contributed by atoms with Crippen LogP contribution < -0.4 is 10.6 Å². The Labute approximate surface area is 155 Å². The van der Waals surface area contributed by atoms with Crippen LogP contribution in [0.1, 0.15) is 27.4 Å². The van der Waals surface area contributed by atoms with E-state index in [0.29, 0.717) is 17.2 Å². The zero-order chi connectivity index (χ0) is 19.2. The largest absolute Gasteiger partial charge is 0.347 e. The van der Waals surface area contributed by atoms with Crippen LogP contribution in [-0.2, 0) is 6.54 Å². The van der Waals surface area contributed by atoms with Crippen molar-refractivity contribution in [1.82, 2.24) is 15.3 Å². The number of aromatic nitrogens is 2. The van der Waals surface area contributed by atoms with Crippen LogP contribution in [0.2, 0.25) is 0 Å². The molecule has 0 spiro atoms. The highest BCUT2D eigenvalue weighted by atomic mass is 19.1. The van der Waals surface area contributed by atoms with Gasteiger partial charge in [0.05, 0.1) is 11.6 Å². The first-order valence-corrected chi connectivity index (χ1v) is 8.19. The number of anilines is 2. The third-order valence-electron chi connectivity index (χ3n) is 3.72. The maximum Gasteiger partial charge on any atom is 0.270 e. The number of rotatable bonds is 5. The molecule has 0 aliphatic rings. The SMILES string of the molecule is Cc1nc(Nc2ccc(C#N)cc2)cc(C(=O)NCc2ccc(F)cc2)n1. The second-order valence-electron chi connectivity index (χ2n) is 5.81. The van der Waals surface area contributed by atoms with Gasteiger partial charge in [-0.2, -0.15) is 5.26 Å². The number of nitrogens with zero attached hydrogens (tertiary/aromatic N) is 3. The maximum absolute atomic E-state index is 12.9. The van der Waals surface area contributed by atoms with Crippen molar-refractivity contribution in [3.05, 3.63) is 83.1 Å². The highest BCUT2D eigenvalue weighted by Crippen LogP contribution is 2.16. The topological polar surface area (TPSA) is 90.7 Å². The van der Waals surface area contributed by atoms with Crippen molar-refractivity contribution in [2.75, 3.05) is 5.32 Å². The van der Waals surface area contributed by atoms with Crippen molar-refractivity contribution < 1.29 is 9.18 Å². The van der Waals surface area contributed by atoms with Crippen molar-refractivity contribution >= 4 is 17.4 Å². The second kappa shape index (κ2) is 8.06. The molecular weight excluding hydrogens is 345 g/mol. The fourth-order valence-corrected chi connectivity index (χ4v) is 2.40. The Kier molecular flexibility index (Phi) is 5.38. The van der Waals surface area contributed by atoms with E-state index in [1.807, 2.05) is 0 Å². The van der Waals surface area contributed by atoms with Gasteiger partial charge in [-0.05, 0) is 48.9 Å². The molecule has 0 fully saturated rings. The molecule has 6 nitrogen and oxygen atoms in total. The summed E-state index contributed by atoms with van der Waals surface area (Å²) in [6, 6.07) is 16.4. The first-order valence-electron chi connectivity index (χ1n) is 8.19. The molecule has 2 N–H and O–H groups in total. The average Bonchev–Trinajstić information content (AvgIpc) is 2.67. The average molecular weight is 361 g/mol. The van der Waals surface area contributed by atoms with Gasteiger partial charge in [0, 0.05) is 18.3 Å². The number of hydrogen-bond donors (Lipinski definition) is 2. The van der Waals surface area contributed by atoms with Crippen molar-refractivity contribution in [3.8, 4) is 6.07 Å². The summed E-state index contributed by atoms with van der Waals surface area (Å²) in [6.45, 7) is 1.96. The molecule has 0 saturated heterocycles. The number of hydrogen-bond acceptors (Lipinski definition) is 5. The molecule has 1 aromatic heterocycles. The van der Waals surface area contributed by atoms with Crippen molar-refractivity contribution in [3.63, 3.8) is 0 Å². The third-order valence-corrected chi connectivity index (χ3v) is 3.72. The molecule has 0 unspecified atom stereocenters. The van der Waals surface area contributed by atoms with Crippen LogP contribution in [0.15, 0.2) is 54.6 Å². The molecule has 7 heteroatoms. The van der Waals surface area contributed by atoms with Gasteiger partial charge in [0.2, 0.25) is 0 Å². The lowest BCUT2D eigenvalue weighted by molar-refractivity contribution is 0.0945. The summed E-state index contributed by atoms with van der Waals surface area (Å²) in [5.41, 5.74) is 2.30. The van der Waals surface area contributed by atoms with E-state index in [1.165, 1.54) is 12.1 Å². The van der Waals surface area contributed by atoms with Gasteiger partial charge in [-0.15, -0.1) is 0 Å². The number of halogens is 1. The zero-order valence-electron chi connectivity index (χ0n) is 14.5. The Hall–Kier alpha value is -3.79. The second-order valence-corrected chi connectivity index (χ2v) is 5.81. The molecule has 2 aromatic carbocycles. The van der Waals surface area contributed by atoms with Crippen LogP contribution in [-0.4, -0.2) is 15.9 Å². The number of aryl methyl sites for hydroxylation is 1. The quantitative estimate of drug-likeness (QED) is 0.726. The number of amides is 1. The monoisotopic (exact) mass is 361 g/mol. The number of carbonyl (C=O) groups excluding carboxylic acids is 1. The van der Waals surface area contributed by atoms with E-state index in [1.54, 1.807) is 49.4 Å². The minimum absolute atomic E-state index is 0.223. The minimum Gasteiger partial charge on any atom is -0.347 e. The minimum atomic E-state index is -0.354. The summed E-state index contributed by atoms with van der Waals surface area (Å²) < 4.78 is 12.9. The Morgan fingerprint density at radius 2 is 1.81 bits per heavy atom. The van der Waals surface area contributed by atoms with Gasteiger partial charge in [-0.3, -0.25) is 4.79 Å². The van der Waals surface area contributed by atoms with Crippen molar-refractivity contribution in [2.45, 2.75) is 13.5 Å². The molecule has 3 aromatic rings. The van der Waals surface area contributed by atoms with Gasteiger partial charge in [-0.1, -0.05) is 12.1 Å². The van der Waals surface area contributed by atoms with Crippen LogP contribution in [0.25, 0.3) is 0 Å². The highest BCUT2D eigenvalue weighted by Gasteiger charge is 2.11. The van der Waals surface area contributed by atoms with E-state index in [-0.39, 0.29) is 24.0 Å². The summed E-state index contributed by atoms with van der Waals surface area (Å²) in [5.74, 6) is 0.238. The van der Waals surface area contributed by atoms with E-state index < -0.39 is 0 Å². The summed E-state index contributed by atoms with van der Waals surface area (Å²) >= 11 is 0. The molecule has 0 bridgehead atoms. The molecule has 0 radical (unpaired) electrons.